The van der Waals surface area contributed by atoms with Crippen molar-refractivity contribution in [3.05, 3.63) is 23.8 Å². The Kier molecular flexibility index (Phi) is 7.07. The van der Waals surface area contributed by atoms with E-state index in [0.29, 0.717) is 23.5 Å². The summed E-state index contributed by atoms with van der Waals surface area (Å²) in [5, 5.41) is 13.8. The van der Waals surface area contributed by atoms with E-state index in [1.165, 1.54) is 12.8 Å². The first-order valence-corrected chi connectivity index (χ1v) is 7.12. The van der Waals surface area contributed by atoms with E-state index < -0.39 is 0 Å². The molecule has 1 aromatic rings. The van der Waals surface area contributed by atoms with Crippen LogP contribution in [0.5, 0.6) is 11.5 Å². The Hall–Kier alpha value is -0.680. The molecule has 2 N–H and O–H groups in total. The first-order valence-electron chi connectivity index (χ1n) is 7.12. The van der Waals surface area contributed by atoms with Crippen LogP contribution in [0, 0.1) is 5.92 Å². The van der Waals surface area contributed by atoms with Gasteiger partial charge in [0.2, 0.25) is 0 Å². The van der Waals surface area contributed by atoms with Crippen LogP contribution in [-0.2, 0) is 0 Å². The Morgan fingerprint density at radius 2 is 1.90 bits per heavy atom. The summed E-state index contributed by atoms with van der Waals surface area (Å²) in [5.41, 5.74) is 1.03. The van der Waals surface area contributed by atoms with Crippen molar-refractivity contribution in [1.29, 1.82) is 0 Å². The maximum absolute atomic E-state index is 10.4. The molecular formula is C15H24Cl2N2O2. The van der Waals surface area contributed by atoms with E-state index >= 15 is 0 Å². The van der Waals surface area contributed by atoms with Crippen molar-refractivity contribution in [3.63, 3.8) is 0 Å². The Morgan fingerprint density at radius 3 is 2.48 bits per heavy atom. The molecule has 1 atom stereocenters. The molecule has 1 saturated heterocycles. The first-order chi connectivity index (χ1) is 9.31. The Balaban J connectivity index is 0.00000110. The molecule has 0 bridgehead atoms. The molecule has 6 heteroatoms. The third-order valence-electron chi connectivity index (χ3n) is 4.18. The SMILES string of the molecule is COc1cccc([C@H](C2CC2)N2CCNCC2)c1O.Cl.Cl. The summed E-state index contributed by atoms with van der Waals surface area (Å²) in [7, 11) is 1.61. The Labute approximate surface area is 138 Å². The van der Waals surface area contributed by atoms with Gasteiger partial charge in [-0.1, -0.05) is 12.1 Å². The third-order valence-corrected chi connectivity index (χ3v) is 4.18. The van der Waals surface area contributed by atoms with E-state index in [9.17, 15) is 5.11 Å². The minimum absolute atomic E-state index is 0. The molecule has 1 saturated carbocycles. The molecule has 0 radical (unpaired) electrons. The fourth-order valence-corrected chi connectivity index (χ4v) is 3.06. The number of nitrogens with one attached hydrogen (secondary N) is 1. The number of nitrogens with zero attached hydrogens (tertiary/aromatic N) is 1. The summed E-state index contributed by atoms with van der Waals surface area (Å²) in [6.45, 7) is 4.18. The highest BCUT2D eigenvalue weighted by atomic mass is 35.5. The van der Waals surface area contributed by atoms with Crippen LogP contribution in [0.3, 0.4) is 0 Å². The number of phenols is 1. The van der Waals surface area contributed by atoms with E-state index in [4.69, 9.17) is 4.74 Å². The van der Waals surface area contributed by atoms with Crippen LogP contribution in [-0.4, -0.2) is 43.3 Å². The predicted molar refractivity (Wildman–Crippen MR) is 89.1 cm³/mol. The molecule has 1 aromatic carbocycles. The van der Waals surface area contributed by atoms with E-state index in [-0.39, 0.29) is 24.8 Å². The van der Waals surface area contributed by atoms with Gasteiger partial charge in [-0.05, 0) is 24.8 Å². The van der Waals surface area contributed by atoms with Gasteiger partial charge in [0.15, 0.2) is 11.5 Å². The number of hydrogen-bond acceptors (Lipinski definition) is 4. The normalized spacial score (nSPS) is 20.0. The average Bonchev–Trinajstić information content (AvgIpc) is 3.27. The zero-order valence-electron chi connectivity index (χ0n) is 12.2. The number of aromatic hydroxyl groups is 1. The first kappa shape index (κ1) is 18.4. The molecule has 120 valence electrons. The van der Waals surface area contributed by atoms with Crippen LogP contribution in [0.25, 0.3) is 0 Å². The molecule has 1 heterocycles. The number of piperazine rings is 1. The second-order valence-electron chi connectivity index (χ2n) is 5.47. The van der Waals surface area contributed by atoms with Gasteiger partial charge in [-0.3, -0.25) is 4.90 Å². The van der Waals surface area contributed by atoms with E-state index in [2.05, 4.69) is 10.2 Å². The van der Waals surface area contributed by atoms with Gasteiger partial charge in [0.05, 0.1) is 7.11 Å². The average molecular weight is 335 g/mol. The van der Waals surface area contributed by atoms with Crippen molar-refractivity contribution >= 4 is 24.8 Å². The molecule has 0 spiro atoms. The molecule has 1 aliphatic heterocycles. The zero-order valence-corrected chi connectivity index (χ0v) is 13.9. The number of methoxy groups -OCH3 is 1. The van der Waals surface area contributed by atoms with Gasteiger partial charge >= 0.3 is 0 Å². The lowest BCUT2D eigenvalue weighted by molar-refractivity contribution is 0.153. The fraction of sp³-hybridized carbons (Fsp3) is 0.600. The summed E-state index contributed by atoms with van der Waals surface area (Å²) < 4.78 is 5.24. The summed E-state index contributed by atoms with van der Waals surface area (Å²) in [4.78, 5) is 2.50. The molecular weight excluding hydrogens is 311 g/mol. The van der Waals surface area contributed by atoms with Crippen LogP contribution in [0.15, 0.2) is 18.2 Å². The maximum Gasteiger partial charge on any atom is 0.162 e. The lowest BCUT2D eigenvalue weighted by Crippen LogP contribution is -2.45. The van der Waals surface area contributed by atoms with Crippen LogP contribution in [0.2, 0.25) is 0 Å². The van der Waals surface area contributed by atoms with Crippen molar-refractivity contribution < 1.29 is 9.84 Å². The third kappa shape index (κ3) is 3.95. The summed E-state index contributed by atoms with van der Waals surface area (Å²) in [5.74, 6) is 1.59. The van der Waals surface area contributed by atoms with Gasteiger partial charge in [0, 0.05) is 37.8 Å². The second-order valence-corrected chi connectivity index (χ2v) is 5.47. The van der Waals surface area contributed by atoms with Crippen molar-refractivity contribution in [2.75, 3.05) is 33.3 Å². The highest BCUT2D eigenvalue weighted by Crippen LogP contribution is 2.48. The molecule has 4 nitrogen and oxygen atoms in total. The minimum atomic E-state index is 0. The highest BCUT2D eigenvalue weighted by Gasteiger charge is 2.38. The molecule has 0 amide bonds. The standard InChI is InChI=1S/C15H22N2O2.2ClH/c1-19-13-4-2-3-12(15(13)18)14(11-5-6-11)17-9-7-16-8-10-17;;/h2-4,11,14,16,18H,5-10H2,1H3;2*1H/t14-;;/m0../s1. The molecule has 3 rings (SSSR count). The monoisotopic (exact) mass is 334 g/mol. The Morgan fingerprint density at radius 1 is 1.24 bits per heavy atom. The number of para-hydroxylation sites is 1. The molecule has 1 aliphatic carbocycles. The van der Waals surface area contributed by atoms with Gasteiger partial charge in [-0.15, -0.1) is 24.8 Å². The lowest BCUT2D eigenvalue weighted by atomic mass is 9.98. The summed E-state index contributed by atoms with van der Waals surface area (Å²) >= 11 is 0. The number of benzene rings is 1. The van der Waals surface area contributed by atoms with Crippen molar-refractivity contribution in [2.45, 2.75) is 18.9 Å². The topological polar surface area (TPSA) is 44.7 Å². The fourth-order valence-electron chi connectivity index (χ4n) is 3.06. The number of phenolic OH excluding ortho intramolecular Hbond substituents is 1. The minimum Gasteiger partial charge on any atom is -0.504 e. The van der Waals surface area contributed by atoms with E-state index in [0.717, 1.165) is 31.7 Å². The van der Waals surface area contributed by atoms with Crippen LogP contribution >= 0.6 is 24.8 Å². The van der Waals surface area contributed by atoms with Crippen LogP contribution in [0.4, 0.5) is 0 Å². The molecule has 21 heavy (non-hydrogen) atoms. The largest absolute Gasteiger partial charge is 0.504 e. The number of rotatable bonds is 4. The quantitative estimate of drug-likeness (QED) is 0.888. The van der Waals surface area contributed by atoms with Crippen molar-refractivity contribution in [1.82, 2.24) is 10.2 Å². The van der Waals surface area contributed by atoms with Crippen LogP contribution < -0.4 is 10.1 Å². The highest BCUT2D eigenvalue weighted by molar-refractivity contribution is 5.85. The predicted octanol–water partition coefficient (Wildman–Crippen LogP) is 2.60. The second kappa shape index (κ2) is 8.08. The Bertz CT molecular complexity index is 449. The van der Waals surface area contributed by atoms with Crippen molar-refractivity contribution in [3.8, 4) is 11.5 Å². The molecule has 2 aliphatic rings. The van der Waals surface area contributed by atoms with Gasteiger partial charge < -0.3 is 15.2 Å². The molecule has 2 fully saturated rings. The van der Waals surface area contributed by atoms with Gasteiger partial charge in [-0.2, -0.15) is 0 Å². The van der Waals surface area contributed by atoms with E-state index in [1.807, 2.05) is 18.2 Å². The smallest absolute Gasteiger partial charge is 0.162 e. The molecule has 0 unspecified atom stereocenters. The zero-order chi connectivity index (χ0) is 13.2. The van der Waals surface area contributed by atoms with Crippen molar-refractivity contribution in [2.24, 2.45) is 5.92 Å². The summed E-state index contributed by atoms with van der Waals surface area (Å²) in [6.07, 6.45) is 2.54. The van der Waals surface area contributed by atoms with E-state index in [1.54, 1.807) is 7.11 Å². The maximum atomic E-state index is 10.4. The van der Waals surface area contributed by atoms with Gasteiger partial charge in [-0.25, -0.2) is 0 Å². The summed E-state index contributed by atoms with van der Waals surface area (Å²) in [6, 6.07) is 6.19. The lowest BCUT2D eigenvalue weighted by Gasteiger charge is -2.35. The number of halogens is 2. The number of hydrogen-bond donors (Lipinski definition) is 2. The van der Waals surface area contributed by atoms with Gasteiger partial charge in [0.25, 0.3) is 0 Å². The molecule has 0 aromatic heterocycles. The van der Waals surface area contributed by atoms with Crippen LogP contribution in [0.1, 0.15) is 24.4 Å². The number of ether oxygens (including phenoxy) is 1. The van der Waals surface area contributed by atoms with Gasteiger partial charge in [0.1, 0.15) is 0 Å².